The first-order valence-electron chi connectivity index (χ1n) is 14.1. The minimum atomic E-state index is -2.81. The number of phenols is 2. The summed E-state index contributed by atoms with van der Waals surface area (Å²) < 4.78 is 17.5. The number of hydrogen-bond acceptors (Lipinski definition) is 9. The van der Waals surface area contributed by atoms with Crippen LogP contribution in [0.1, 0.15) is 31.9 Å². The molecule has 0 saturated carbocycles. The van der Waals surface area contributed by atoms with Crippen LogP contribution in [-0.2, 0) is 13.3 Å². The van der Waals surface area contributed by atoms with E-state index < -0.39 is 8.80 Å². The smallest absolute Gasteiger partial charge is 0.502 e. The highest BCUT2D eigenvalue weighted by Gasteiger charge is 2.39. The van der Waals surface area contributed by atoms with Crippen LogP contribution in [0.4, 0.5) is 4.79 Å². The molecule has 4 N–H and O–H groups in total. The Bertz CT molecular complexity index is 1010. The minimum Gasteiger partial charge on any atom is -0.507 e. The molecule has 0 saturated heterocycles. The molecule has 0 heterocycles. The number of hydrogen-bond donors (Lipinski definition) is 4. The van der Waals surface area contributed by atoms with E-state index in [9.17, 15) is 15.0 Å². The Balaban J connectivity index is 1.85. The Morgan fingerprint density at radius 2 is 1.24 bits per heavy atom. The zero-order valence-corrected chi connectivity index (χ0v) is 25.4. The molecule has 0 aliphatic carbocycles. The molecular weight excluding hydrogens is 542 g/mol. The lowest BCUT2D eigenvalue weighted by molar-refractivity contribution is 0.0716. The fraction of sp³-hybridized carbons (Fsp3) is 0.483. The van der Waals surface area contributed by atoms with Crippen LogP contribution >= 0.6 is 0 Å². The molecule has 2 aromatic carbocycles. The molecular formula is C29H45N5O6Si. The summed E-state index contributed by atoms with van der Waals surface area (Å²) in [5, 5.41) is 25.6. The van der Waals surface area contributed by atoms with Crippen LogP contribution in [-0.4, -0.2) is 108 Å². The molecule has 226 valence electrons. The molecule has 0 aromatic heterocycles. The molecule has 0 bridgehead atoms. The largest absolute Gasteiger partial charge is 0.507 e. The van der Waals surface area contributed by atoms with E-state index in [4.69, 9.17) is 13.3 Å². The summed E-state index contributed by atoms with van der Waals surface area (Å²) in [6.07, 6.45) is 3.32. The summed E-state index contributed by atoms with van der Waals surface area (Å²) in [4.78, 5) is 23.5. The summed E-state index contributed by atoms with van der Waals surface area (Å²) in [5.41, 5.74) is 1.32. The standard InChI is InChI=1S/C29H45N5O6Si/c1-4-38-41(39-5-2,40-6-3)22-18-33-29(37)32-17-21-34(19-15-30-23-25-11-7-9-13-27(25)35)20-16-31-24-26-12-8-10-14-28(26)36/h7-14,23-24,35-36H,4-6,15-22H2,1-3H3,(H2,32,33,37). The zero-order chi connectivity index (χ0) is 29.8. The molecule has 0 fully saturated rings. The number of para-hydroxylation sites is 2. The number of carbonyl (C=O) groups is 1. The van der Waals surface area contributed by atoms with Gasteiger partial charge in [-0.25, -0.2) is 4.79 Å². The molecule has 12 heteroatoms. The number of aliphatic imine (C=N–C) groups is 2. The summed E-state index contributed by atoms with van der Waals surface area (Å²) in [6, 6.07) is 14.3. The fourth-order valence-electron chi connectivity index (χ4n) is 3.97. The van der Waals surface area contributed by atoms with Gasteiger partial charge in [-0.3, -0.25) is 14.9 Å². The number of carbonyl (C=O) groups excluding carboxylic acids is 1. The lowest BCUT2D eigenvalue weighted by Crippen LogP contribution is -2.49. The van der Waals surface area contributed by atoms with E-state index >= 15 is 0 Å². The maximum atomic E-state index is 12.4. The van der Waals surface area contributed by atoms with Gasteiger partial charge >= 0.3 is 14.8 Å². The molecule has 41 heavy (non-hydrogen) atoms. The van der Waals surface area contributed by atoms with Crippen molar-refractivity contribution in [2.24, 2.45) is 9.98 Å². The summed E-state index contributed by atoms with van der Waals surface area (Å²) >= 11 is 0. The molecule has 2 rings (SSSR count). The second-order valence-corrected chi connectivity index (χ2v) is 11.7. The predicted octanol–water partition coefficient (Wildman–Crippen LogP) is 3.29. The minimum absolute atomic E-state index is 0.186. The van der Waals surface area contributed by atoms with Gasteiger partial charge in [0.1, 0.15) is 11.5 Å². The van der Waals surface area contributed by atoms with Gasteiger partial charge < -0.3 is 34.1 Å². The van der Waals surface area contributed by atoms with E-state index in [1.807, 2.05) is 32.9 Å². The summed E-state index contributed by atoms with van der Waals surface area (Å²) in [7, 11) is -2.81. The van der Waals surface area contributed by atoms with Crippen LogP contribution in [0.15, 0.2) is 58.5 Å². The molecule has 2 aromatic rings. The van der Waals surface area contributed by atoms with Crippen molar-refractivity contribution in [3.8, 4) is 11.5 Å². The van der Waals surface area contributed by atoms with Gasteiger partial charge in [-0.05, 0) is 45.0 Å². The first-order valence-corrected chi connectivity index (χ1v) is 16.1. The van der Waals surface area contributed by atoms with Gasteiger partial charge in [-0.15, -0.1) is 0 Å². The van der Waals surface area contributed by atoms with Gasteiger partial charge in [0.2, 0.25) is 0 Å². The van der Waals surface area contributed by atoms with E-state index in [0.29, 0.717) is 82.8 Å². The third-order valence-electron chi connectivity index (χ3n) is 5.95. The predicted molar refractivity (Wildman–Crippen MR) is 164 cm³/mol. The van der Waals surface area contributed by atoms with Gasteiger partial charge in [0.15, 0.2) is 0 Å². The monoisotopic (exact) mass is 587 g/mol. The van der Waals surface area contributed by atoms with Crippen molar-refractivity contribution in [1.29, 1.82) is 0 Å². The Morgan fingerprint density at radius 3 is 1.71 bits per heavy atom. The van der Waals surface area contributed by atoms with Crippen molar-refractivity contribution in [2.45, 2.75) is 26.8 Å². The maximum Gasteiger partial charge on any atom is 0.502 e. The molecule has 0 atom stereocenters. The van der Waals surface area contributed by atoms with E-state index in [2.05, 4.69) is 25.5 Å². The van der Waals surface area contributed by atoms with Crippen molar-refractivity contribution in [3.63, 3.8) is 0 Å². The number of urea groups is 1. The molecule has 0 aliphatic heterocycles. The normalized spacial score (nSPS) is 12.0. The average Bonchev–Trinajstić information content (AvgIpc) is 2.95. The highest BCUT2D eigenvalue weighted by molar-refractivity contribution is 6.60. The first kappa shape index (κ1) is 33.9. The summed E-state index contributed by atoms with van der Waals surface area (Å²) in [6.45, 7) is 10.9. The third kappa shape index (κ3) is 13.3. The van der Waals surface area contributed by atoms with Gasteiger partial charge in [-0.2, -0.15) is 0 Å². The van der Waals surface area contributed by atoms with E-state index in [0.717, 1.165) is 0 Å². The SMILES string of the molecule is CCO[Si](CCNC(=O)NCCN(CCN=Cc1ccccc1O)CCN=Cc1ccccc1O)(OCC)OCC. The Labute approximate surface area is 244 Å². The van der Waals surface area contributed by atoms with Crippen LogP contribution in [0.2, 0.25) is 6.04 Å². The third-order valence-corrected chi connectivity index (χ3v) is 9.00. The van der Waals surface area contributed by atoms with Gasteiger partial charge in [-0.1, -0.05) is 24.3 Å². The Hall–Kier alpha value is -3.29. The average molecular weight is 588 g/mol. The van der Waals surface area contributed by atoms with Crippen LogP contribution in [0, 0.1) is 0 Å². The zero-order valence-electron chi connectivity index (χ0n) is 24.4. The van der Waals surface area contributed by atoms with Crippen LogP contribution in [0.3, 0.4) is 0 Å². The van der Waals surface area contributed by atoms with Crippen molar-refractivity contribution in [1.82, 2.24) is 15.5 Å². The Morgan fingerprint density at radius 1 is 0.780 bits per heavy atom. The number of phenolic OH excluding ortho intramolecular Hbond substituents is 2. The topological polar surface area (TPSA) is 137 Å². The first-order chi connectivity index (χ1) is 19.9. The van der Waals surface area contributed by atoms with Crippen LogP contribution in [0.5, 0.6) is 11.5 Å². The Kier molecular flexibility index (Phi) is 16.3. The van der Waals surface area contributed by atoms with Gasteiger partial charge in [0.25, 0.3) is 0 Å². The second kappa shape index (κ2) is 19.7. The molecule has 0 radical (unpaired) electrons. The number of amides is 2. The number of nitrogens with zero attached hydrogens (tertiary/aromatic N) is 3. The number of nitrogens with one attached hydrogen (secondary N) is 2. The summed E-state index contributed by atoms with van der Waals surface area (Å²) in [5.74, 6) is 0.371. The highest BCUT2D eigenvalue weighted by atomic mass is 28.4. The lowest BCUT2D eigenvalue weighted by Gasteiger charge is -2.28. The lowest BCUT2D eigenvalue weighted by atomic mass is 10.2. The highest BCUT2D eigenvalue weighted by Crippen LogP contribution is 2.15. The molecule has 0 unspecified atom stereocenters. The maximum absolute atomic E-state index is 12.4. The van der Waals surface area contributed by atoms with E-state index in [1.165, 1.54) is 0 Å². The quantitative estimate of drug-likeness (QED) is 0.138. The van der Waals surface area contributed by atoms with Gasteiger partial charge in [0, 0.05) is 82.1 Å². The number of rotatable bonds is 20. The van der Waals surface area contributed by atoms with E-state index in [-0.39, 0.29) is 17.5 Å². The van der Waals surface area contributed by atoms with E-state index in [1.54, 1.807) is 48.8 Å². The second-order valence-electron chi connectivity index (χ2n) is 8.94. The molecule has 2 amide bonds. The number of benzene rings is 2. The molecule has 0 spiro atoms. The van der Waals surface area contributed by atoms with Crippen molar-refractivity contribution >= 4 is 27.3 Å². The van der Waals surface area contributed by atoms with Crippen molar-refractivity contribution < 1.29 is 28.3 Å². The van der Waals surface area contributed by atoms with Crippen LogP contribution in [0.25, 0.3) is 0 Å². The van der Waals surface area contributed by atoms with Crippen molar-refractivity contribution in [2.75, 3.05) is 65.6 Å². The fourth-order valence-corrected chi connectivity index (χ4v) is 6.41. The molecule has 11 nitrogen and oxygen atoms in total. The van der Waals surface area contributed by atoms with Crippen LogP contribution < -0.4 is 10.6 Å². The number of aromatic hydroxyl groups is 2. The van der Waals surface area contributed by atoms with Crippen molar-refractivity contribution in [3.05, 3.63) is 59.7 Å². The van der Waals surface area contributed by atoms with Gasteiger partial charge in [0.05, 0.1) is 13.1 Å². The molecule has 0 aliphatic rings.